The number of fused-ring (bicyclic) bond motifs is 1. The van der Waals surface area contributed by atoms with Crippen molar-refractivity contribution in [1.29, 1.82) is 0 Å². The van der Waals surface area contributed by atoms with Gasteiger partial charge in [0.25, 0.3) is 0 Å². The minimum Gasteiger partial charge on any atom is -0.478 e. The van der Waals surface area contributed by atoms with E-state index < -0.39 is 5.97 Å². The molecule has 4 aromatic rings. The zero-order valence-corrected chi connectivity index (χ0v) is 14.9. The van der Waals surface area contributed by atoms with Gasteiger partial charge in [0.05, 0.1) is 0 Å². The summed E-state index contributed by atoms with van der Waals surface area (Å²) in [6.07, 6.45) is 4.35. The van der Waals surface area contributed by atoms with E-state index >= 15 is 0 Å². The van der Waals surface area contributed by atoms with Gasteiger partial charge in [0.1, 0.15) is 0 Å². The Labute approximate surface area is 161 Å². The Morgan fingerprint density at radius 3 is 2.32 bits per heavy atom. The number of hydrogen-bond donors (Lipinski definition) is 2. The number of H-pyrrole nitrogens is 1. The van der Waals surface area contributed by atoms with E-state index in [0.717, 1.165) is 33.7 Å². The van der Waals surface area contributed by atoms with Crippen molar-refractivity contribution in [3.63, 3.8) is 0 Å². The van der Waals surface area contributed by atoms with Crippen LogP contribution in [0.2, 0.25) is 0 Å². The second-order valence-electron chi connectivity index (χ2n) is 6.49. The second kappa shape index (κ2) is 7.37. The Bertz CT molecular complexity index is 1200. The lowest BCUT2D eigenvalue weighted by Crippen LogP contribution is -1.99. The molecule has 2 N–H and O–H groups in total. The third-order valence-electron chi connectivity index (χ3n) is 4.60. The normalized spacial score (nSPS) is 11.1. The zero-order chi connectivity index (χ0) is 19.5. The molecule has 4 heteroatoms. The lowest BCUT2D eigenvalue weighted by molar-refractivity contribution is -0.131. The molecule has 0 radical (unpaired) electrons. The Hall–Kier alpha value is -3.92. The smallest absolute Gasteiger partial charge is 0.328 e. The van der Waals surface area contributed by atoms with Gasteiger partial charge >= 0.3 is 5.97 Å². The van der Waals surface area contributed by atoms with E-state index in [4.69, 9.17) is 5.11 Å². The molecule has 1 heterocycles. The molecule has 0 aliphatic carbocycles. The van der Waals surface area contributed by atoms with Crippen molar-refractivity contribution in [3.8, 4) is 11.3 Å². The van der Waals surface area contributed by atoms with Crippen LogP contribution < -0.4 is 0 Å². The van der Waals surface area contributed by atoms with Crippen molar-refractivity contribution < 1.29 is 14.7 Å². The van der Waals surface area contributed by atoms with Crippen LogP contribution in [0, 0.1) is 0 Å². The van der Waals surface area contributed by atoms with Gasteiger partial charge in [0.2, 0.25) is 0 Å². The second-order valence-corrected chi connectivity index (χ2v) is 6.49. The molecule has 0 spiro atoms. The molecule has 4 rings (SSSR count). The van der Waals surface area contributed by atoms with Crippen LogP contribution in [0.1, 0.15) is 21.5 Å². The SMILES string of the molecule is O=C(O)C=Cc1ccc(-c2cc(C(=O)c3ccc4ccccc4c3)c[nH]2)cc1. The monoisotopic (exact) mass is 367 g/mol. The van der Waals surface area contributed by atoms with Crippen molar-refractivity contribution in [1.82, 2.24) is 4.98 Å². The minimum atomic E-state index is -0.981. The van der Waals surface area contributed by atoms with Crippen LogP contribution in [0.15, 0.2) is 85.1 Å². The van der Waals surface area contributed by atoms with E-state index in [1.54, 1.807) is 6.20 Å². The van der Waals surface area contributed by atoms with Crippen molar-refractivity contribution in [3.05, 3.63) is 102 Å². The number of carboxylic acid groups (broad SMARTS) is 1. The fourth-order valence-corrected chi connectivity index (χ4v) is 3.13. The molecule has 0 unspecified atom stereocenters. The van der Waals surface area contributed by atoms with Crippen LogP contribution >= 0.6 is 0 Å². The Balaban J connectivity index is 1.57. The molecule has 0 bridgehead atoms. The highest BCUT2D eigenvalue weighted by atomic mass is 16.4. The largest absolute Gasteiger partial charge is 0.478 e. The predicted molar refractivity (Wildman–Crippen MR) is 110 cm³/mol. The predicted octanol–water partition coefficient (Wildman–Crippen LogP) is 5.16. The maximum Gasteiger partial charge on any atom is 0.328 e. The standard InChI is InChI=1S/C24H17NO3/c26-23(27)12-7-16-5-8-18(9-6-16)22-14-21(15-25-22)24(28)20-11-10-17-3-1-2-4-19(17)13-20/h1-15,25H,(H,26,27). The highest BCUT2D eigenvalue weighted by molar-refractivity contribution is 6.11. The quantitative estimate of drug-likeness (QED) is 0.378. The Morgan fingerprint density at radius 2 is 1.57 bits per heavy atom. The first-order valence-corrected chi connectivity index (χ1v) is 8.83. The van der Waals surface area contributed by atoms with Gasteiger partial charge in [0, 0.05) is 29.1 Å². The molecule has 136 valence electrons. The van der Waals surface area contributed by atoms with E-state index in [1.165, 1.54) is 6.08 Å². The molecule has 0 amide bonds. The summed E-state index contributed by atoms with van der Waals surface area (Å²) in [5, 5.41) is 10.8. The van der Waals surface area contributed by atoms with Crippen molar-refractivity contribution >= 4 is 28.6 Å². The summed E-state index contributed by atoms with van der Waals surface area (Å²) in [4.78, 5) is 26.6. The summed E-state index contributed by atoms with van der Waals surface area (Å²) >= 11 is 0. The van der Waals surface area contributed by atoms with Crippen LogP contribution in [0.4, 0.5) is 0 Å². The number of aromatic nitrogens is 1. The summed E-state index contributed by atoms with van der Waals surface area (Å²) in [6, 6.07) is 22.9. The molecule has 3 aromatic carbocycles. The molecular formula is C24H17NO3. The molecule has 0 aliphatic heterocycles. The lowest BCUT2D eigenvalue weighted by Gasteiger charge is -2.02. The number of ketones is 1. The summed E-state index contributed by atoms with van der Waals surface area (Å²) in [5.41, 5.74) is 3.80. The average molecular weight is 367 g/mol. The molecule has 4 nitrogen and oxygen atoms in total. The maximum absolute atomic E-state index is 12.9. The third-order valence-corrected chi connectivity index (χ3v) is 4.60. The molecule has 0 fully saturated rings. The van der Waals surface area contributed by atoms with Gasteiger partial charge < -0.3 is 10.1 Å². The van der Waals surface area contributed by atoms with Crippen LogP contribution in [0.5, 0.6) is 0 Å². The van der Waals surface area contributed by atoms with Gasteiger partial charge in [-0.2, -0.15) is 0 Å². The molecule has 0 aliphatic rings. The first-order chi connectivity index (χ1) is 13.6. The summed E-state index contributed by atoms with van der Waals surface area (Å²) in [5.74, 6) is -1.01. The van der Waals surface area contributed by atoms with Crippen LogP contribution in [-0.2, 0) is 4.79 Å². The molecule has 28 heavy (non-hydrogen) atoms. The number of aliphatic carboxylic acids is 1. The summed E-state index contributed by atoms with van der Waals surface area (Å²) < 4.78 is 0. The molecule has 1 aromatic heterocycles. The number of carboxylic acids is 1. The average Bonchev–Trinajstić information content (AvgIpc) is 3.22. The zero-order valence-electron chi connectivity index (χ0n) is 14.9. The van der Waals surface area contributed by atoms with Crippen molar-refractivity contribution in [2.24, 2.45) is 0 Å². The molecular weight excluding hydrogens is 350 g/mol. The Morgan fingerprint density at radius 1 is 0.821 bits per heavy atom. The van der Waals surface area contributed by atoms with Gasteiger partial charge in [-0.15, -0.1) is 0 Å². The highest BCUT2D eigenvalue weighted by Crippen LogP contribution is 2.23. The number of nitrogens with one attached hydrogen (secondary N) is 1. The fraction of sp³-hybridized carbons (Fsp3) is 0. The number of benzene rings is 3. The van der Waals surface area contributed by atoms with E-state index in [9.17, 15) is 9.59 Å². The van der Waals surface area contributed by atoms with Crippen LogP contribution in [-0.4, -0.2) is 21.8 Å². The number of aromatic amines is 1. The molecule has 0 atom stereocenters. The van der Waals surface area contributed by atoms with Gasteiger partial charge in [0.15, 0.2) is 5.78 Å². The molecule has 0 saturated heterocycles. The fourth-order valence-electron chi connectivity index (χ4n) is 3.13. The number of carbonyl (C=O) groups is 2. The van der Waals surface area contributed by atoms with Gasteiger partial charge in [-0.1, -0.05) is 60.7 Å². The van der Waals surface area contributed by atoms with Gasteiger partial charge in [-0.05, 0) is 40.1 Å². The van der Waals surface area contributed by atoms with E-state index in [1.807, 2.05) is 72.8 Å². The van der Waals surface area contributed by atoms with Crippen LogP contribution in [0.25, 0.3) is 28.1 Å². The lowest BCUT2D eigenvalue weighted by atomic mass is 10.0. The number of hydrogen-bond acceptors (Lipinski definition) is 2. The summed E-state index contributed by atoms with van der Waals surface area (Å²) in [6.45, 7) is 0. The first-order valence-electron chi connectivity index (χ1n) is 8.83. The topological polar surface area (TPSA) is 70.2 Å². The number of carbonyl (C=O) groups excluding carboxylic acids is 1. The van der Waals surface area contributed by atoms with E-state index in [-0.39, 0.29) is 5.78 Å². The molecule has 0 saturated carbocycles. The van der Waals surface area contributed by atoms with E-state index in [2.05, 4.69) is 4.98 Å². The van der Waals surface area contributed by atoms with Gasteiger partial charge in [-0.3, -0.25) is 4.79 Å². The van der Waals surface area contributed by atoms with Crippen molar-refractivity contribution in [2.75, 3.05) is 0 Å². The van der Waals surface area contributed by atoms with Crippen molar-refractivity contribution in [2.45, 2.75) is 0 Å². The van der Waals surface area contributed by atoms with Gasteiger partial charge in [-0.25, -0.2) is 4.79 Å². The first kappa shape index (κ1) is 17.5. The highest BCUT2D eigenvalue weighted by Gasteiger charge is 2.12. The van der Waals surface area contributed by atoms with E-state index in [0.29, 0.717) is 11.1 Å². The summed E-state index contributed by atoms with van der Waals surface area (Å²) in [7, 11) is 0. The van der Waals surface area contributed by atoms with Crippen LogP contribution in [0.3, 0.4) is 0 Å². The maximum atomic E-state index is 12.9. The third kappa shape index (κ3) is 3.62. The Kier molecular flexibility index (Phi) is 4.60. The minimum absolute atomic E-state index is 0.0331. The number of rotatable bonds is 5.